The van der Waals surface area contributed by atoms with Gasteiger partial charge in [-0.15, -0.1) is 0 Å². The van der Waals surface area contributed by atoms with E-state index in [4.69, 9.17) is 9.88 Å². The Hall–Kier alpha value is -2.41. The summed E-state index contributed by atoms with van der Waals surface area (Å²) in [4.78, 5) is 5.38. The molecule has 0 saturated carbocycles. The van der Waals surface area contributed by atoms with Gasteiger partial charge in [0.15, 0.2) is 0 Å². The van der Waals surface area contributed by atoms with Gasteiger partial charge in [-0.25, -0.2) is 42.5 Å². The number of hydrogen-bond donors (Lipinski definition) is 7. The largest absolute Gasteiger partial charge is 0.474 e. The van der Waals surface area contributed by atoms with Crippen LogP contribution in [0.2, 0.25) is 0 Å². The highest BCUT2D eigenvalue weighted by Gasteiger charge is 2.37. The third-order valence-corrected chi connectivity index (χ3v) is 9.29. The van der Waals surface area contributed by atoms with E-state index in [1.807, 2.05) is 17.0 Å². The molecule has 0 radical (unpaired) electrons. The first kappa shape index (κ1) is 26.2. The highest BCUT2D eigenvalue weighted by molar-refractivity contribution is 7.92. The summed E-state index contributed by atoms with van der Waals surface area (Å²) in [6.07, 6.45) is 2.77. The quantitative estimate of drug-likeness (QED) is 0.201. The molecule has 1 aromatic heterocycles. The molecule has 0 aliphatic carbocycles. The Morgan fingerprint density at radius 2 is 1.78 bits per heavy atom. The van der Waals surface area contributed by atoms with Gasteiger partial charge in [-0.2, -0.15) is 11.1 Å². The van der Waals surface area contributed by atoms with Crippen LogP contribution in [0.25, 0.3) is 0 Å². The molecule has 3 aliphatic rings. The van der Waals surface area contributed by atoms with Gasteiger partial charge in [-0.05, 0) is 31.2 Å². The van der Waals surface area contributed by atoms with Crippen LogP contribution in [0.5, 0.6) is 5.88 Å². The second-order valence-electron chi connectivity index (χ2n) is 9.13. The number of anilines is 1. The van der Waals surface area contributed by atoms with E-state index in [2.05, 4.69) is 36.9 Å². The van der Waals surface area contributed by atoms with E-state index in [0.717, 1.165) is 0 Å². The van der Waals surface area contributed by atoms with E-state index in [1.54, 1.807) is 18.3 Å². The molecule has 4 heterocycles. The molecular formula is C21H31N9O5S2. The molecule has 2 aromatic rings. The minimum Gasteiger partial charge on any atom is -0.474 e. The maximum atomic E-state index is 13.4. The number of ether oxygens (including phenoxy) is 1. The summed E-state index contributed by atoms with van der Waals surface area (Å²) in [6.45, 7) is 2.25. The predicted molar refractivity (Wildman–Crippen MR) is 135 cm³/mol. The number of pyridine rings is 1. The fourth-order valence-electron chi connectivity index (χ4n) is 4.87. The molecule has 1 atom stereocenters. The minimum atomic E-state index is -4.46. The summed E-state index contributed by atoms with van der Waals surface area (Å²) in [5.41, 5.74) is 11.9. The van der Waals surface area contributed by atoms with Gasteiger partial charge in [-0.3, -0.25) is 0 Å². The van der Waals surface area contributed by atoms with Crippen LogP contribution < -0.4 is 46.7 Å². The molecule has 0 amide bonds. The maximum Gasteiger partial charge on any atom is 0.242 e. The molecule has 37 heavy (non-hydrogen) atoms. The molecule has 3 fully saturated rings. The van der Waals surface area contributed by atoms with Crippen LogP contribution in [0.1, 0.15) is 31.0 Å². The number of piperidine rings is 1. The van der Waals surface area contributed by atoms with Crippen molar-refractivity contribution in [1.29, 1.82) is 0 Å². The summed E-state index contributed by atoms with van der Waals surface area (Å²) < 4.78 is 61.2. The first-order valence-corrected chi connectivity index (χ1v) is 15.0. The molecule has 5 rings (SSSR count). The smallest absolute Gasteiger partial charge is 0.242 e. The van der Waals surface area contributed by atoms with Crippen LogP contribution in [0, 0.1) is 0 Å². The second kappa shape index (κ2) is 10.8. The van der Waals surface area contributed by atoms with E-state index in [-0.39, 0.29) is 22.6 Å². The van der Waals surface area contributed by atoms with Crippen LogP contribution in [0.15, 0.2) is 46.3 Å². The van der Waals surface area contributed by atoms with E-state index < -0.39 is 31.1 Å². The number of nitrogens with one attached hydrogen (secondary N) is 6. The number of hydrazine groups is 3. The van der Waals surface area contributed by atoms with Crippen molar-refractivity contribution in [3.8, 4) is 5.88 Å². The number of sulfonamides is 2. The standard InChI is InChI=1S/C21H31N9O5S2/c22-36(31,32)20-17(37(33,34)27-14-6-10-23-13-14)5-4-16(19(20)21-25-28-29-26-21)30-11-7-15(8-12-30)35-18-3-1-2-9-24-18/h1-5,9,14-15,21,23,25-29H,6-8,10-13H2,(H2,22,31,32)/t14-/m1/s1. The number of primary sulfonamides is 1. The summed E-state index contributed by atoms with van der Waals surface area (Å²) in [5.74, 6) is 0.550. The number of aromatic nitrogens is 1. The number of nitrogens with zero attached hydrogens (tertiary/aromatic N) is 2. The Kier molecular flexibility index (Phi) is 7.62. The van der Waals surface area contributed by atoms with Crippen molar-refractivity contribution in [2.45, 2.75) is 47.4 Å². The maximum absolute atomic E-state index is 13.4. The van der Waals surface area contributed by atoms with Crippen molar-refractivity contribution in [1.82, 2.24) is 36.9 Å². The van der Waals surface area contributed by atoms with Gasteiger partial charge in [-0.1, -0.05) is 6.07 Å². The minimum absolute atomic E-state index is 0.0535. The van der Waals surface area contributed by atoms with Crippen LogP contribution in [0.3, 0.4) is 0 Å². The molecule has 3 aliphatic heterocycles. The van der Waals surface area contributed by atoms with E-state index in [9.17, 15) is 16.8 Å². The topological polar surface area (TPSA) is 192 Å². The Bertz CT molecular complexity index is 1310. The van der Waals surface area contributed by atoms with Crippen LogP contribution in [-0.2, 0) is 20.0 Å². The zero-order valence-electron chi connectivity index (χ0n) is 20.0. The Labute approximate surface area is 215 Å². The van der Waals surface area contributed by atoms with Gasteiger partial charge in [0.05, 0.1) is 0 Å². The van der Waals surface area contributed by atoms with Crippen molar-refractivity contribution < 1.29 is 21.6 Å². The monoisotopic (exact) mass is 553 g/mol. The molecule has 8 N–H and O–H groups in total. The average Bonchev–Trinajstić information content (AvgIpc) is 3.58. The number of hydrogen-bond acceptors (Lipinski definition) is 12. The third kappa shape index (κ3) is 5.87. The highest BCUT2D eigenvalue weighted by atomic mass is 32.2. The Balaban J connectivity index is 1.48. The predicted octanol–water partition coefficient (Wildman–Crippen LogP) is -1.47. The zero-order valence-corrected chi connectivity index (χ0v) is 21.6. The molecule has 0 bridgehead atoms. The Morgan fingerprint density at radius 3 is 2.41 bits per heavy atom. The Morgan fingerprint density at radius 1 is 1.03 bits per heavy atom. The van der Waals surface area contributed by atoms with E-state index in [0.29, 0.717) is 57.0 Å². The zero-order chi connectivity index (χ0) is 26.0. The summed E-state index contributed by atoms with van der Waals surface area (Å²) in [5, 5.41) is 8.75. The molecular weight excluding hydrogens is 522 g/mol. The molecule has 16 heteroatoms. The SMILES string of the molecule is NS(=O)(=O)c1c(S(=O)(=O)N[C@@H]2CCNC2)ccc(N2CCC(Oc3ccccn3)CC2)c1C1NNNN1. The first-order valence-electron chi connectivity index (χ1n) is 12.0. The molecule has 3 saturated heterocycles. The lowest BCUT2D eigenvalue weighted by atomic mass is 10.0. The van der Waals surface area contributed by atoms with Crippen LogP contribution in [0.4, 0.5) is 5.69 Å². The summed E-state index contributed by atoms with van der Waals surface area (Å²) in [6, 6.07) is 8.08. The molecule has 14 nitrogen and oxygen atoms in total. The van der Waals surface area contributed by atoms with Gasteiger partial charge >= 0.3 is 0 Å². The van der Waals surface area contributed by atoms with Crippen molar-refractivity contribution >= 4 is 25.7 Å². The lowest BCUT2D eigenvalue weighted by Gasteiger charge is -2.36. The van der Waals surface area contributed by atoms with Gasteiger partial charge < -0.3 is 15.0 Å². The van der Waals surface area contributed by atoms with E-state index in [1.165, 1.54) is 6.07 Å². The fraction of sp³-hybridized carbons (Fsp3) is 0.476. The van der Waals surface area contributed by atoms with Crippen molar-refractivity contribution in [3.63, 3.8) is 0 Å². The molecule has 0 unspecified atom stereocenters. The molecule has 1 aromatic carbocycles. The number of nitrogens with two attached hydrogens (primary N) is 1. The third-order valence-electron chi connectivity index (χ3n) is 6.59. The van der Waals surface area contributed by atoms with Crippen molar-refractivity contribution in [2.75, 3.05) is 31.1 Å². The molecule has 0 spiro atoms. The number of rotatable bonds is 8. The van der Waals surface area contributed by atoms with Gasteiger partial charge in [0.1, 0.15) is 22.1 Å². The average molecular weight is 554 g/mol. The summed E-state index contributed by atoms with van der Waals surface area (Å²) in [7, 11) is -8.65. The van der Waals surface area contributed by atoms with Gasteiger partial charge in [0.25, 0.3) is 0 Å². The molecule has 202 valence electrons. The fourth-order valence-corrected chi connectivity index (χ4v) is 7.79. The highest BCUT2D eigenvalue weighted by Crippen LogP contribution is 2.37. The lowest BCUT2D eigenvalue weighted by Crippen LogP contribution is -2.41. The second-order valence-corrected chi connectivity index (χ2v) is 12.3. The van der Waals surface area contributed by atoms with Crippen molar-refractivity contribution in [2.24, 2.45) is 5.14 Å². The normalized spacial score (nSPS) is 22.0. The lowest BCUT2D eigenvalue weighted by molar-refractivity contribution is 0.164. The summed E-state index contributed by atoms with van der Waals surface area (Å²) >= 11 is 0. The van der Waals surface area contributed by atoms with E-state index >= 15 is 0 Å². The van der Waals surface area contributed by atoms with Gasteiger partial charge in [0.2, 0.25) is 25.9 Å². The van der Waals surface area contributed by atoms with Crippen LogP contribution in [-0.4, -0.2) is 60.1 Å². The van der Waals surface area contributed by atoms with Crippen molar-refractivity contribution in [3.05, 3.63) is 42.1 Å². The van der Waals surface area contributed by atoms with Crippen LogP contribution >= 0.6 is 0 Å². The first-order chi connectivity index (χ1) is 17.7. The van der Waals surface area contributed by atoms with Gasteiger partial charge in [0, 0.05) is 62.0 Å². The number of benzene rings is 1.